The maximum Gasteiger partial charge on any atom is 0.293 e. The molecule has 129 valence electrons. The molecule has 4 heteroatoms. The molecule has 0 fully saturated rings. The third-order valence-electron chi connectivity index (χ3n) is 3.94. The number of hydrogen-bond acceptors (Lipinski definition) is 4. The van der Waals surface area contributed by atoms with Crippen molar-refractivity contribution < 1.29 is 19.4 Å². The fourth-order valence-electron chi connectivity index (χ4n) is 2.44. The van der Waals surface area contributed by atoms with Crippen LogP contribution >= 0.6 is 0 Å². The number of benzene rings is 2. The third-order valence-corrected chi connectivity index (χ3v) is 3.94. The number of carbonyl (C=O) groups excluding carboxylic acids is 2. The Hall–Kier alpha value is -2.46. The van der Waals surface area contributed by atoms with Crippen molar-refractivity contribution in [2.24, 2.45) is 5.92 Å². The first-order valence-electron chi connectivity index (χ1n) is 8.06. The Bertz CT molecular complexity index is 654. The van der Waals surface area contributed by atoms with E-state index in [1.165, 1.54) is 6.42 Å². The van der Waals surface area contributed by atoms with E-state index in [9.17, 15) is 14.7 Å². The maximum atomic E-state index is 12.3. The molecule has 0 spiro atoms. The van der Waals surface area contributed by atoms with Crippen LogP contribution in [-0.4, -0.2) is 17.4 Å². The van der Waals surface area contributed by atoms with Gasteiger partial charge < -0.3 is 9.84 Å². The van der Waals surface area contributed by atoms with Gasteiger partial charge in [-0.3, -0.25) is 9.59 Å². The van der Waals surface area contributed by atoms with Crippen LogP contribution in [0.15, 0.2) is 60.7 Å². The highest BCUT2D eigenvalue weighted by Gasteiger charge is 2.23. The Kier molecular flexibility index (Phi) is 7.36. The molecule has 3 radical (unpaired) electrons. The number of ether oxygens (including phenoxy) is 1. The fraction of sp³-hybridized carbons (Fsp3) is 0.190. The molecular formula is C21H21O4. The smallest absolute Gasteiger partial charge is 0.293 e. The number of rotatable bonds is 10. The second kappa shape index (κ2) is 9.74. The summed E-state index contributed by atoms with van der Waals surface area (Å²) in [7, 11) is 0. The van der Waals surface area contributed by atoms with Crippen molar-refractivity contribution in [2.75, 3.05) is 0 Å². The lowest BCUT2D eigenvalue weighted by Crippen LogP contribution is -2.20. The van der Waals surface area contributed by atoms with Gasteiger partial charge in [-0.1, -0.05) is 67.6 Å². The second-order valence-corrected chi connectivity index (χ2v) is 5.66. The van der Waals surface area contributed by atoms with E-state index in [4.69, 9.17) is 4.74 Å². The Morgan fingerprint density at radius 3 is 2.12 bits per heavy atom. The van der Waals surface area contributed by atoms with E-state index < -0.39 is 18.1 Å². The van der Waals surface area contributed by atoms with Gasteiger partial charge in [-0.2, -0.15) is 0 Å². The highest BCUT2D eigenvalue weighted by atomic mass is 16.5. The van der Waals surface area contributed by atoms with Crippen LogP contribution in [0.4, 0.5) is 0 Å². The molecule has 0 unspecified atom stereocenters. The minimum Gasteiger partial charge on any atom is -0.459 e. The minimum absolute atomic E-state index is 0.203. The van der Waals surface area contributed by atoms with E-state index in [0.717, 1.165) is 5.56 Å². The molecule has 0 aliphatic heterocycles. The van der Waals surface area contributed by atoms with E-state index in [1.807, 2.05) is 48.5 Å². The zero-order valence-electron chi connectivity index (χ0n) is 14.0. The van der Waals surface area contributed by atoms with Crippen LogP contribution in [0.2, 0.25) is 0 Å². The standard InChI is InChI=1S/C21H21O4/c1-16(21(24)18-11-6-3-7-12-18)19(23)13-8-14-20(25-15-22)17-9-4-2-5-10-17/h2-16,20-21,24H,1H3/t16-,20+,21-/m1/s1. The van der Waals surface area contributed by atoms with Gasteiger partial charge in [0, 0.05) is 18.8 Å². The summed E-state index contributed by atoms with van der Waals surface area (Å²) in [6.07, 6.45) is 3.15. The molecular weight excluding hydrogens is 316 g/mol. The van der Waals surface area contributed by atoms with Crippen molar-refractivity contribution in [3.05, 3.63) is 91.1 Å². The molecule has 0 aromatic heterocycles. The lowest BCUT2D eigenvalue weighted by molar-refractivity contribution is -0.132. The lowest BCUT2D eigenvalue weighted by atomic mass is 9.90. The molecule has 2 aromatic rings. The van der Waals surface area contributed by atoms with Crippen molar-refractivity contribution in [2.45, 2.75) is 19.1 Å². The minimum atomic E-state index is -0.866. The van der Waals surface area contributed by atoms with Crippen molar-refractivity contribution in [3.63, 3.8) is 0 Å². The van der Waals surface area contributed by atoms with Gasteiger partial charge in [-0.05, 0) is 17.5 Å². The van der Waals surface area contributed by atoms with E-state index in [0.29, 0.717) is 12.0 Å². The van der Waals surface area contributed by atoms with Crippen LogP contribution < -0.4 is 0 Å². The van der Waals surface area contributed by atoms with Gasteiger partial charge in [0.2, 0.25) is 0 Å². The van der Waals surface area contributed by atoms with Crippen LogP contribution in [0, 0.1) is 25.2 Å². The van der Waals surface area contributed by atoms with Crippen molar-refractivity contribution >= 4 is 12.3 Å². The molecule has 3 atom stereocenters. The molecule has 2 rings (SSSR count). The van der Waals surface area contributed by atoms with Crippen LogP contribution in [-0.2, 0) is 14.3 Å². The quantitative estimate of drug-likeness (QED) is 0.675. The van der Waals surface area contributed by atoms with E-state index >= 15 is 0 Å². The van der Waals surface area contributed by atoms with Crippen LogP contribution in [0.1, 0.15) is 30.3 Å². The molecule has 4 nitrogen and oxygen atoms in total. The van der Waals surface area contributed by atoms with Gasteiger partial charge in [-0.25, -0.2) is 0 Å². The van der Waals surface area contributed by atoms with Gasteiger partial charge in [-0.15, -0.1) is 0 Å². The van der Waals surface area contributed by atoms with Crippen molar-refractivity contribution in [3.8, 4) is 0 Å². The molecule has 0 saturated heterocycles. The fourth-order valence-corrected chi connectivity index (χ4v) is 2.44. The van der Waals surface area contributed by atoms with Gasteiger partial charge in [0.15, 0.2) is 0 Å². The number of Topliss-reactive ketones (excluding diaryl/α,β-unsaturated/α-hetero) is 1. The first-order chi connectivity index (χ1) is 12.1. The summed E-state index contributed by atoms with van der Waals surface area (Å²) in [4.78, 5) is 22.9. The molecule has 0 aliphatic carbocycles. The second-order valence-electron chi connectivity index (χ2n) is 5.66. The SMILES string of the molecule is C[C@H](C(=O)[CH][CH][CH][C@H](OC=O)c1ccccc1)[C@@H](O)c1ccccc1. The summed E-state index contributed by atoms with van der Waals surface area (Å²) >= 11 is 0. The van der Waals surface area contributed by atoms with E-state index in [1.54, 1.807) is 31.9 Å². The summed E-state index contributed by atoms with van der Waals surface area (Å²) in [6, 6.07) is 18.3. The molecule has 0 amide bonds. The highest BCUT2D eigenvalue weighted by Crippen LogP contribution is 2.25. The molecule has 0 heterocycles. The molecule has 25 heavy (non-hydrogen) atoms. The van der Waals surface area contributed by atoms with Crippen molar-refractivity contribution in [1.29, 1.82) is 0 Å². The molecule has 0 saturated carbocycles. The average molecular weight is 337 g/mol. The number of aliphatic hydroxyl groups excluding tert-OH is 1. The van der Waals surface area contributed by atoms with Gasteiger partial charge in [0.05, 0.1) is 6.10 Å². The van der Waals surface area contributed by atoms with Gasteiger partial charge >= 0.3 is 0 Å². The summed E-state index contributed by atoms with van der Waals surface area (Å²) in [5, 5.41) is 10.3. The molecule has 0 bridgehead atoms. The van der Waals surface area contributed by atoms with Gasteiger partial charge in [0.25, 0.3) is 6.47 Å². The molecule has 2 aromatic carbocycles. The number of aliphatic hydroxyl groups is 1. The monoisotopic (exact) mass is 337 g/mol. The number of carbonyl (C=O) groups is 2. The number of hydrogen-bond donors (Lipinski definition) is 1. The van der Waals surface area contributed by atoms with Crippen molar-refractivity contribution in [1.82, 2.24) is 0 Å². The summed E-state index contributed by atoms with van der Waals surface area (Å²) in [5.74, 6) is -0.778. The third kappa shape index (κ3) is 5.54. The molecule has 0 aliphatic rings. The van der Waals surface area contributed by atoms with E-state index in [-0.39, 0.29) is 5.78 Å². The first kappa shape index (κ1) is 18.9. The topological polar surface area (TPSA) is 63.6 Å². The Balaban J connectivity index is 1.87. The Morgan fingerprint density at radius 2 is 1.56 bits per heavy atom. The lowest BCUT2D eigenvalue weighted by Gasteiger charge is -2.19. The average Bonchev–Trinajstić information content (AvgIpc) is 2.67. The number of ketones is 1. The largest absolute Gasteiger partial charge is 0.459 e. The maximum absolute atomic E-state index is 12.3. The van der Waals surface area contributed by atoms with E-state index in [2.05, 4.69) is 0 Å². The normalized spacial score (nSPS) is 14.3. The Labute approximate surface area is 148 Å². The highest BCUT2D eigenvalue weighted by molar-refractivity contribution is 5.91. The molecule has 1 N–H and O–H groups in total. The van der Waals surface area contributed by atoms with Gasteiger partial charge in [0.1, 0.15) is 11.9 Å². The summed E-state index contributed by atoms with van der Waals surface area (Å²) in [5.41, 5.74) is 1.51. The zero-order chi connectivity index (χ0) is 18.1. The predicted octanol–water partition coefficient (Wildman–Crippen LogP) is 3.45. The van der Waals surface area contributed by atoms with Crippen LogP contribution in [0.25, 0.3) is 0 Å². The van der Waals surface area contributed by atoms with Crippen LogP contribution in [0.5, 0.6) is 0 Å². The predicted molar refractivity (Wildman–Crippen MR) is 94.8 cm³/mol. The van der Waals surface area contributed by atoms with Crippen LogP contribution in [0.3, 0.4) is 0 Å². The Morgan fingerprint density at radius 1 is 1.00 bits per heavy atom. The first-order valence-corrected chi connectivity index (χ1v) is 8.06. The summed E-state index contributed by atoms with van der Waals surface area (Å²) < 4.78 is 5.04. The summed E-state index contributed by atoms with van der Waals surface area (Å²) in [6.45, 7) is 2.06. The zero-order valence-corrected chi connectivity index (χ0v) is 14.0.